The molecule has 2 heteroatoms. The molecule has 1 heterocycles. The summed E-state index contributed by atoms with van der Waals surface area (Å²) in [6.07, 6.45) is 7.74. The third-order valence-corrected chi connectivity index (χ3v) is 2.55. The van der Waals surface area contributed by atoms with Crippen LogP contribution >= 0.6 is 0 Å². The molecule has 62 valence electrons. The lowest BCUT2D eigenvalue weighted by Crippen LogP contribution is -2.23. The minimum atomic E-state index is 0.264. The second-order valence-corrected chi connectivity index (χ2v) is 3.31. The summed E-state index contributed by atoms with van der Waals surface area (Å²) >= 11 is 0. The van der Waals surface area contributed by atoms with Crippen LogP contribution in [0.3, 0.4) is 0 Å². The number of nitrogens with zero attached hydrogens (tertiary/aromatic N) is 2. The average Bonchev–Trinajstić information content (AvgIpc) is 2.12. The Morgan fingerprint density at radius 3 is 2.92 bits per heavy atom. The van der Waals surface area contributed by atoms with E-state index < -0.39 is 0 Å². The maximum atomic E-state index is 4.40. The highest BCUT2D eigenvalue weighted by molar-refractivity contribution is 6.17. The van der Waals surface area contributed by atoms with Crippen molar-refractivity contribution in [3.05, 3.63) is 23.4 Å². The topological polar surface area (TPSA) is 24.7 Å². The molecular weight excluding hydrogens is 148 g/mol. The van der Waals surface area contributed by atoms with Gasteiger partial charge >= 0.3 is 0 Å². The molecule has 1 aliphatic heterocycles. The van der Waals surface area contributed by atoms with Crippen molar-refractivity contribution in [3.8, 4) is 0 Å². The molecule has 2 nitrogen and oxygen atoms in total. The van der Waals surface area contributed by atoms with Crippen LogP contribution < -0.4 is 0 Å². The maximum absolute atomic E-state index is 4.40. The SMILES string of the molecule is CC1=CC=C2N=CC=NC2C1C. The van der Waals surface area contributed by atoms with Gasteiger partial charge in [0.2, 0.25) is 0 Å². The fourth-order valence-corrected chi connectivity index (χ4v) is 1.55. The Labute approximate surface area is 72.4 Å². The summed E-state index contributed by atoms with van der Waals surface area (Å²) in [6.45, 7) is 4.34. The van der Waals surface area contributed by atoms with Crippen LogP contribution in [-0.2, 0) is 0 Å². The molecule has 0 spiro atoms. The molecule has 1 aliphatic carbocycles. The largest absolute Gasteiger partial charge is 0.281 e. The molecule has 0 bridgehead atoms. The molecule has 0 aromatic carbocycles. The van der Waals surface area contributed by atoms with Gasteiger partial charge in [0.25, 0.3) is 0 Å². The van der Waals surface area contributed by atoms with Gasteiger partial charge < -0.3 is 0 Å². The van der Waals surface area contributed by atoms with Crippen molar-refractivity contribution in [2.24, 2.45) is 15.9 Å². The van der Waals surface area contributed by atoms with Gasteiger partial charge in [-0.15, -0.1) is 0 Å². The summed E-state index contributed by atoms with van der Waals surface area (Å²) in [5.74, 6) is 0.499. The number of hydrogen-bond acceptors (Lipinski definition) is 2. The average molecular weight is 160 g/mol. The van der Waals surface area contributed by atoms with Crippen molar-refractivity contribution in [1.82, 2.24) is 0 Å². The number of fused-ring (bicyclic) bond motifs is 1. The van der Waals surface area contributed by atoms with E-state index in [9.17, 15) is 0 Å². The van der Waals surface area contributed by atoms with Gasteiger partial charge in [-0.1, -0.05) is 18.6 Å². The first-order chi connectivity index (χ1) is 5.79. The molecule has 0 amide bonds. The quantitative estimate of drug-likeness (QED) is 0.517. The van der Waals surface area contributed by atoms with Gasteiger partial charge in [-0.05, 0) is 13.0 Å². The zero-order valence-electron chi connectivity index (χ0n) is 7.36. The number of allylic oxidation sites excluding steroid dienone is 2. The molecule has 0 aromatic rings. The van der Waals surface area contributed by atoms with Crippen LogP contribution in [0.5, 0.6) is 0 Å². The predicted octanol–water partition coefficient (Wildman–Crippen LogP) is 1.99. The molecule has 0 aromatic heterocycles. The van der Waals surface area contributed by atoms with Crippen LogP contribution in [0.4, 0.5) is 0 Å². The fourth-order valence-electron chi connectivity index (χ4n) is 1.55. The summed E-state index contributed by atoms with van der Waals surface area (Å²) in [5, 5.41) is 0. The molecular formula is C10H12N2. The Hall–Kier alpha value is -1.18. The minimum Gasteiger partial charge on any atom is -0.281 e. The van der Waals surface area contributed by atoms with Gasteiger partial charge in [0.15, 0.2) is 0 Å². The molecule has 0 saturated heterocycles. The molecule has 2 aliphatic rings. The van der Waals surface area contributed by atoms with Crippen molar-refractivity contribution in [2.45, 2.75) is 19.9 Å². The lowest BCUT2D eigenvalue weighted by Gasteiger charge is -2.25. The lowest BCUT2D eigenvalue weighted by molar-refractivity contribution is 0.564. The first-order valence-corrected chi connectivity index (χ1v) is 4.23. The van der Waals surface area contributed by atoms with Gasteiger partial charge in [0, 0.05) is 18.3 Å². The van der Waals surface area contributed by atoms with Gasteiger partial charge in [-0.3, -0.25) is 9.98 Å². The zero-order valence-corrected chi connectivity index (χ0v) is 7.36. The van der Waals surface area contributed by atoms with Crippen molar-refractivity contribution in [1.29, 1.82) is 0 Å². The van der Waals surface area contributed by atoms with Crippen LogP contribution in [0.25, 0.3) is 0 Å². The highest BCUT2D eigenvalue weighted by atomic mass is 14.9. The van der Waals surface area contributed by atoms with Crippen LogP contribution in [0.2, 0.25) is 0 Å². The van der Waals surface area contributed by atoms with Crippen LogP contribution in [0.15, 0.2) is 33.4 Å². The van der Waals surface area contributed by atoms with Crippen molar-refractivity contribution in [2.75, 3.05) is 0 Å². The second-order valence-electron chi connectivity index (χ2n) is 3.31. The summed E-state index contributed by atoms with van der Waals surface area (Å²) in [7, 11) is 0. The van der Waals surface area contributed by atoms with Crippen LogP contribution in [0.1, 0.15) is 13.8 Å². The van der Waals surface area contributed by atoms with Crippen molar-refractivity contribution >= 4 is 12.4 Å². The highest BCUT2D eigenvalue weighted by Gasteiger charge is 2.24. The Balaban J connectivity index is 2.39. The van der Waals surface area contributed by atoms with Crippen molar-refractivity contribution in [3.63, 3.8) is 0 Å². The number of aliphatic imine (C=N–C) groups is 2. The minimum absolute atomic E-state index is 0.264. The van der Waals surface area contributed by atoms with E-state index in [-0.39, 0.29) is 6.04 Å². The van der Waals surface area contributed by atoms with Gasteiger partial charge in [-0.2, -0.15) is 0 Å². The predicted molar refractivity (Wildman–Crippen MR) is 51.8 cm³/mol. The smallest absolute Gasteiger partial charge is 0.0982 e. The normalized spacial score (nSPS) is 32.5. The molecule has 2 atom stereocenters. The Morgan fingerprint density at radius 1 is 1.25 bits per heavy atom. The van der Waals surface area contributed by atoms with E-state index in [0.29, 0.717) is 5.92 Å². The molecule has 2 rings (SSSR count). The van der Waals surface area contributed by atoms with E-state index in [1.807, 2.05) is 0 Å². The maximum Gasteiger partial charge on any atom is 0.0982 e. The van der Waals surface area contributed by atoms with E-state index in [0.717, 1.165) is 5.70 Å². The first-order valence-electron chi connectivity index (χ1n) is 4.23. The molecule has 0 radical (unpaired) electrons. The van der Waals surface area contributed by atoms with Crippen molar-refractivity contribution < 1.29 is 0 Å². The van der Waals surface area contributed by atoms with Gasteiger partial charge in [-0.25, -0.2) is 0 Å². The summed E-state index contributed by atoms with van der Waals surface area (Å²) < 4.78 is 0. The molecule has 12 heavy (non-hydrogen) atoms. The van der Waals surface area contributed by atoms with Gasteiger partial charge in [0.1, 0.15) is 0 Å². The van der Waals surface area contributed by atoms with E-state index >= 15 is 0 Å². The first kappa shape index (κ1) is 7.47. The number of rotatable bonds is 0. The molecule has 0 N–H and O–H groups in total. The van der Waals surface area contributed by atoms with Gasteiger partial charge in [0.05, 0.1) is 11.7 Å². The zero-order chi connectivity index (χ0) is 8.55. The Kier molecular flexibility index (Phi) is 1.68. The van der Waals surface area contributed by atoms with E-state index in [1.54, 1.807) is 12.4 Å². The fraction of sp³-hybridized carbons (Fsp3) is 0.400. The van der Waals surface area contributed by atoms with E-state index in [1.165, 1.54) is 5.57 Å². The molecule has 2 unspecified atom stereocenters. The van der Waals surface area contributed by atoms with E-state index in [4.69, 9.17) is 0 Å². The summed E-state index contributed by atoms with van der Waals surface area (Å²) in [6, 6.07) is 0.264. The summed E-state index contributed by atoms with van der Waals surface area (Å²) in [5.41, 5.74) is 2.48. The third kappa shape index (κ3) is 1.04. The van der Waals surface area contributed by atoms with Crippen LogP contribution in [-0.4, -0.2) is 18.5 Å². The lowest BCUT2D eigenvalue weighted by atomic mass is 9.88. The monoisotopic (exact) mass is 160 g/mol. The highest BCUT2D eigenvalue weighted by Crippen LogP contribution is 2.28. The Bertz CT molecular complexity index is 308. The summed E-state index contributed by atoms with van der Waals surface area (Å²) in [4.78, 5) is 8.68. The third-order valence-electron chi connectivity index (χ3n) is 2.55. The second kappa shape index (κ2) is 2.70. The molecule has 0 saturated carbocycles. The van der Waals surface area contributed by atoms with Crippen LogP contribution in [0, 0.1) is 5.92 Å². The standard InChI is InChI=1S/C10H12N2/c1-7-3-4-9-10(8(7)2)12-6-5-11-9/h3-6,8,10H,1-2H3. The Morgan fingerprint density at radius 2 is 2.08 bits per heavy atom. The number of hydrogen-bond donors (Lipinski definition) is 0. The van der Waals surface area contributed by atoms with E-state index in [2.05, 4.69) is 36.0 Å². The molecule has 0 fully saturated rings.